The Morgan fingerprint density at radius 3 is 2.63 bits per heavy atom. The topological polar surface area (TPSA) is 25.8 Å². The van der Waals surface area contributed by atoms with E-state index in [0.717, 1.165) is 42.0 Å². The van der Waals surface area contributed by atoms with E-state index in [0.29, 0.717) is 0 Å². The lowest BCUT2D eigenvalue weighted by Gasteiger charge is -2.06. The smallest absolute Gasteiger partial charge is 0.126 e. The van der Waals surface area contributed by atoms with Gasteiger partial charge in [0.15, 0.2) is 0 Å². The summed E-state index contributed by atoms with van der Waals surface area (Å²) in [5.41, 5.74) is 2.78. The zero-order valence-electron chi connectivity index (χ0n) is 11.1. The van der Waals surface area contributed by atoms with Crippen LogP contribution in [0.5, 0.6) is 0 Å². The van der Waals surface area contributed by atoms with Crippen molar-refractivity contribution in [1.29, 1.82) is 0 Å². The third kappa shape index (κ3) is 3.71. The SMILES string of the molecule is C=CCCCc1cc(-c2ccc(F)cc2)nc(C)n1. The van der Waals surface area contributed by atoms with E-state index in [4.69, 9.17) is 0 Å². The molecule has 0 aliphatic rings. The van der Waals surface area contributed by atoms with E-state index in [1.807, 2.05) is 19.1 Å². The summed E-state index contributed by atoms with van der Waals surface area (Å²) in [6.07, 6.45) is 4.83. The number of nitrogens with zero attached hydrogens (tertiary/aromatic N) is 2. The van der Waals surface area contributed by atoms with Crippen molar-refractivity contribution in [1.82, 2.24) is 9.97 Å². The fourth-order valence-electron chi connectivity index (χ4n) is 1.95. The Morgan fingerprint density at radius 1 is 1.21 bits per heavy atom. The van der Waals surface area contributed by atoms with Crippen LogP contribution >= 0.6 is 0 Å². The minimum atomic E-state index is -0.235. The minimum absolute atomic E-state index is 0.235. The molecule has 1 aromatic carbocycles. The van der Waals surface area contributed by atoms with Crippen molar-refractivity contribution in [3.63, 3.8) is 0 Å². The average molecular weight is 256 g/mol. The van der Waals surface area contributed by atoms with Crippen LogP contribution < -0.4 is 0 Å². The largest absolute Gasteiger partial charge is 0.238 e. The lowest BCUT2D eigenvalue weighted by molar-refractivity contribution is 0.628. The molecule has 0 saturated heterocycles. The van der Waals surface area contributed by atoms with Gasteiger partial charge in [0.25, 0.3) is 0 Å². The number of hydrogen-bond donors (Lipinski definition) is 0. The van der Waals surface area contributed by atoms with Crippen LogP contribution in [0, 0.1) is 12.7 Å². The number of benzene rings is 1. The third-order valence-electron chi connectivity index (χ3n) is 2.87. The molecule has 1 aromatic heterocycles. The molecule has 0 saturated carbocycles. The van der Waals surface area contributed by atoms with Gasteiger partial charge in [0.05, 0.1) is 5.69 Å². The van der Waals surface area contributed by atoms with Gasteiger partial charge in [-0.2, -0.15) is 0 Å². The van der Waals surface area contributed by atoms with E-state index in [-0.39, 0.29) is 5.82 Å². The van der Waals surface area contributed by atoms with Gasteiger partial charge in [0.1, 0.15) is 11.6 Å². The fourth-order valence-corrected chi connectivity index (χ4v) is 1.95. The zero-order chi connectivity index (χ0) is 13.7. The first-order valence-corrected chi connectivity index (χ1v) is 6.40. The van der Waals surface area contributed by atoms with E-state index in [1.165, 1.54) is 12.1 Å². The number of allylic oxidation sites excluding steroid dienone is 1. The molecule has 2 aromatic rings. The van der Waals surface area contributed by atoms with Crippen LogP contribution in [-0.4, -0.2) is 9.97 Å². The fraction of sp³-hybridized carbons (Fsp3) is 0.250. The first kappa shape index (κ1) is 13.4. The molecule has 0 fully saturated rings. The molecule has 3 heteroatoms. The molecule has 0 amide bonds. The Hall–Kier alpha value is -2.03. The molecule has 2 rings (SSSR count). The molecule has 19 heavy (non-hydrogen) atoms. The maximum absolute atomic E-state index is 12.9. The van der Waals surface area contributed by atoms with Gasteiger partial charge in [-0.25, -0.2) is 14.4 Å². The number of aromatic nitrogens is 2. The number of aryl methyl sites for hydroxylation is 2. The molecule has 0 aliphatic carbocycles. The molecule has 98 valence electrons. The van der Waals surface area contributed by atoms with Crippen molar-refractivity contribution >= 4 is 0 Å². The highest BCUT2D eigenvalue weighted by Gasteiger charge is 2.04. The monoisotopic (exact) mass is 256 g/mol. The minimum Gasteiger partial charge on any atom is -0.238 e. The molecule has 0 unspecified atom stereocenters. The van der Waals surface area contributed by atoms with E-state index < -0.39 is 0 Å². The van der Waals surface area contributed by atoms with Crippen LogP contribution in [0.2, 0.25) is 0 Å². The quantitative estimate of drug-likeness (QED) is 0.594. The number of hydrogen-bond acceptors (Lipinski definition) is 2. The highest BCUT2D eigenvalue weighted by Crippen LogP contribution is 2.19. The second-order valence-corrected chi connectivity index (χ2v) is 4.48. The Balaban J connectivity index is 2.25. The summed E-state index contributed by atoms with van der Waals surface area (Å²) in [6.45, 7) is 5.59. The summed E-state index contributed by atoms with van der Waals surface area (Å²) in [5.74, 6) is 0.510. The molecule has 0 N–H and O–H groups in total. The van der Waals surface area contributed by atoms with E-state index in [2.05, 4.69) is 16.5 Å². The summed E-state index contributed by atoms with van der Waals surface area (Å²) >= 11 is 0. The summed E-state index contributed by atoms with van der Waals surface area (Å²) < 4.78 is 12.9. The number of rotatable bonds is 5. The second kappa shape index (κ2) is 6.23. The van der Waals surface area contributed by atoms with Gasteiger partial charge >= 0.3 is 0 Å². The third-order valence-corrected chi connectivity index (χ3v) is 2.87. The number of unbranched alkanes of at least 4 members (excludes halogenated alkanes) is 1. The maximum atomic E-state index is 12.9. The van der Waals surface area contributed by atoms with Crippen LogP contribution in [0.1, 0.15) is 24.4 Å². The van der Waals surface area contributed by atoms with Crippen LogP contribution in [0.15, 0.2) is 43.0 Å². The average Bonchev–Trinajstić information content (AvgIpc) is 2.39. The van der Waals surface area contributed by atoms with Gasteiger partial charge in [-0.05, 0) is 56.5 Å². The van der Waals surface area contributed by atoms with Crippen LogP contribution in [-0.2, 0) is 6.42 Å². The Kier molecular flexibility index (Phi) is 4.39. The Morgan fingerprint density at radius 2 is 1.95 bits per heavy atom. The maximum Gasteiger partial charge on any atom is 0.126 e. The van der Waals surface area contributed by atoms with Crippen molar-refractivity contribution in [3.05, 3.63) is 60.3 Å². The van der Waals surface area contributed by atoms with Crippen LogP contribution in [0.4, 0.5) is 4.39 Å². The predicted octanol–water partition coefficient (Wildman–Crippen LogP) is 4.10. The van der Waals surface area contributed by atoms with Crippen molar-refractivity contribution in [2.24, 2.45) is 0 Å². The molecule has 0 aliphatic heterocycles. The molecule has 2 nitrogen and oxygen atoms in total. The molecular formula is C16H17FN2. The Bertz CT molecular complexity index is 561. The number of halogens is 1. The van der Waals surface area contributed by atoms with Gasteiger partial charge in [0, 0.05) is 11.3 Å². The highest BCUT2D eigenvalue weighted by atomic mass is 19.1. The zero-order valence-corrected chi connectivity index (χ0v) is 11.1. The lowest BCUT2D eigenvalue weighted by Crippen LogP contribution is -1.98. The first-order valence-electron chi connectivity index (χ1n) is 6.40. The molecule has 0 atom stereocenters. The summed E-state index contributed by atoms with van der Waals surface area (Å²) in [4.78, 5) is 8.84. The van der Waals surface area contributed by atoms with Crippen molar-refractivity contribution in [3.8, 4) is 11.3 Å². The molecule has 1 heterocycles. The standard InChI is InChI=1S/C16H17FN2/c1-3-4-5-6-15-11-16(19-12(2)18-15)13-7-9-14(17)10-8-13/h3,7-11H,1,4-6H2,2H3. The molecular weight excluding hydrogens is 239 g/mol. The molecule has 0 bridgehead atoms. The summed E-state index contributed by atoms with van der Waals surface area (Å²) in [5, 5.41) is 0. The van der Waals surface area contributed by atoms with Gasteiger partial charge in [-0.3, -0.25) is 0 Å². The van der Waals surface area contributed by atoms with E-state index in [1.54, 1.807) is 12.1 Å². The van der Waals surface area contributed by atoms with E-state index in [9.17, 15) is 4.39 Å². The summed E-state index contributed by atoms with van der Waals surface area (Å²) in [6, 6.07) is 8.35. The van der Waals surface area contributed by atoms with Gasteiger partial charge in [0.2, 0.25) is 0 Å². The van der Waals surface area contributed by atoms with Gasteiger partial charge in [-0.15, -0.1) is 6.58 Å². The normalized spacial score (nSPS) is 10.4. The highest BCUT2D eigenvalue weighted by molar-refractivity contribution is 5.59. The van der Waals surface area contributed by atoms with Crippen molar-refractivity contribution < 1.29 is 4.39 Å². The Labute approximate surface area is 113 Å². The molecule has 0 spiro atoms. The van der Waals surface area contributed by atoms with E-state index >= 15 is 0 Å². The molecule has 0 radical (unpaired) electrons. The summed E-state index contributed by atoms with van der Waals surface area (Å²) in [7, 11) is 0. The predicted molar refractivity (Wildman–Crippen MR) is 75.3 cm³/mol. The van der Waals surface area contributed by atoms with Crippen molar-refractivity contribution in [2.45, 2.75) is 26.2 Å². The second-order valence-electron chi connectivity index (χ2n) is 4.48. The van der Waals surface area contributed by atoms with Crippen LogP contribution in [0.25, 0.3) is 11.3 Å². The van der Waals surface area contributed by atoms with Crippen molar-refractivity contribution in [2.75, 3.05) is 0 Å². The van der Waals surface area contributed by atoms with Gasteiger partial charge < -0.3 is 0 Å². The first-order chi connectivity index (χ1) is 9.19. The lowest BCUT2D eigenvalue weighted by atomic mass is 10.1. The van der Waals surface area contributed by atoms with Gasteiger partial charge in [-0.1, -0.05) is 6.08 Å². The van der Waals surface area contributed by atoms with Crippen LogP contribution in [0.3, 0.4) is 0 Å².